The topological polar surface area (TPSA) is 31.6 Å². The van der Waals surface area contributed by atoms with Crippen molar-refractivity contribution in [2.24, 2.45) is 0 Å². The van der Waals surface area contributed by atoms with Crippen molar-refractivity contribution in [1.82, 2.24) is 9.97 Å². The Kier molecular flexibility index (Phi) is 4.98. The third-order valence-corrected chi connectivity index (χ3v) is 6.69. The number of hydrogen-bond donors (Lipinski definition) is 2. The monoisotopic (exact) mass is 466 g/mol. The average Bonchev–Trinajstić information content (AvgIpc) is 3.38. The predicted molar refractivity (Wildman–Crippen MR) is 140 cm³/mol. The highest BCUT2D eigenvalue weighted by molar-refractivity contribution is 6.31. The summed E-state index contributed by atoms with van der Waals surface area (Å²) < 4.78 is 0. The van der Waals surface area contributed by atoms with Crippen LogP contribution in [0.2, 0.25) is 10.0 Å². The zero-order valence-corrected chi connectivity index (χ0v) is 19.2. The second kappa shape index (κ2) is 8.15. The zero-order chi connectivity index (χ0) is 22.4. The molecule has 6 aromatic rings. The van der Waals surface area contributed by atoms with Crippen LogP contribution in [0.1, 0.15) is 11.1 Å². The van der Waals surface area contributed by atoms with Gasteiger partial charge in [0.15, 0.2) is 0 Å². The molecule has 0 aliphatic carbocycles. The van der Waals surface area contributed by atoms with Gasteiger partial charge in [0, 0.05) is 38.3 Å². The Balaban J connectivity index is 1.63. The van der Waals surface area contributed by atoms with Crippen LogP contribution >= 0.6 is 23.2 Å². The molecule has 0 bridgehead atoms. The maximum Gasteiger partial charge on any atom is 0.0500 e. The Hall–Kier alpha value is -3.46. The van der Waals surface area contributed by atoms with Crippen LogP contribution in [0.3, 0.4) is 0 Å². The largest absolute Gasteiger partial charge is 0.354 e. The predicted octanol–water partition coefficient (Wildman–Crippen LogP) is 8.88. The molecule has 4 heteroatoms. The van der Waals surface area contributed by atoms with E-state index in [1.54, 1.807) is 0 Å². The number of nitrogens with one attached hydrogen (secondary N) is 2. The maximum atomic E-state index is 6.43. The Morgan fingerprint density at radius 2 is 0.939 bits per heavy atom. The molecule has 0 saturated heterocycles. The lowest BCUT2D eigenvalue weighted by Crippen LogP contribution is -1.93. The third-order valence-electron chi connectivity index (χ3n) is 6.21. The van der Waals surface area contributed by atoms with E-state index in [1.165, 1.54) is 11.1 Å². The van der Waals surface area contributed by atoms with E-state index >= 15 is 0 Å². The molecule has 0 spiro atoms. The highest BCUT2D eigenvalue weighted by atomic mass is 35.5. The lowest BCUT2D eigenvalue weighted by atomic mass is 9.95. The summed E-state index contributed by atoms with van der Waals surface area (Å²) in [6.07, 6.45) is 0.731. The van der Waals surface area contributed by atoms with Crippen molar-refractivity contribution >= 4 is 45.0 Å². The molecule has 6 rings (SSSR count). The van der Waals surface area contributed by atoms with Gasteiger partial charge in [-0.2, -0.15) is 0 Å². The van der Waals surface area contributed by atoms with E-state index in [0.717, 1.165) is 60.8 Å². The summed E-state index contributed by atoms with van der Waals surface area (Å²) in [5.41, 5.74) is 9.12. The van der Waals surface area contributed by atoms with E-state index in [4.69, 9.17) is 23.2 Å². The van der Waals surface area contributed by atoms with Gasteiger partial charge in [-0.05, 0) is 58.7 Å². The van der Waals surface area contributed by atoms with E-state index < -0.39 is 0 Å². The van der Waals surface area contributed by atoms with E-state index in [0.29, 0.717) is 0 Å². The van der Waals surface area contributed by atoms with Gasteiger partial charge in [0.1, 0.15) is 0 Å². The Morgan fingerprint density at radius 3 is 1.36 bits per heavy atom. The highest BCUT2D eigenvalue weighted by Crippen LogP contribution is 2.38. The van der Waals surface area contributed by atoms with Crippen LogP contribution in [0, 0.1) is 0 Å². The standard InChI is InChI=1S/C29H20Cl2N2/c30-20-11-13-26-22(15-20)24(28(32-26)18-7-3-1-4-8-18)17-25-23-16-21(31)12-14-27(23)33-29(25)19-9-5-2-6-10-19/h1-16,32-33H,17H2. The van der Waals surface area contributed by atoms with Crippen molar-refractivity contribution in [1.29, 1.82) is 0 Å². The van der Waals surface area contributed by atoms with Crippen LogP contribution < -0.4 is 0 Å². The van der Waals surface area contributed by atoms with Crippen molar-refractivity contribution in [3.63, 3.8) is 0 Å². The summed E-state index contributed by atoms with van der Waals surface area (Å²) in [4.78, 5) is 7.29. The van der Waals surface area contributed by atoms with Crippen LogP contribution in [0.25, 0.3) is 44.3 Å². The lowest BCUT2D eigenvalue weighted by Gasteiger charge is -2.09. The van der Waals surface area contributed by atoms with Crippen molar-refractivity contribution in [3.05, 3.63) is 118 Å². The molecule has 0 fully saturated rings. The quantitative estimate of drug-likeness (QED) is 0.260. The Labute approximate surface area is 201 Å². The summed E-state index contributed by atoms with van der Waals surface area (Å²) in [7, 11) is 0. The highest BCUT2D eigenvalue weighted by Gasteiger charge is 2.19. The number of benzene rings is 4. The van der Waals surface area contributed by atoms with E-state index in [2.05, 4.69) is 82.8 Å². The summed E-state index contributed by atoms with van der Waals surface area (Å²) in [5, 5.41) is 3.73. The summed E-state index contributed by atoms with van der Waals surface area (Å²) in [6, 6.07) is 33.0. The fraction of sp³-hybridized carbons (Fsp3) is 0.0345. The molecule has 0 amide bonds. The van der Waals surface area contributed by atoms with Crippen LogP contribution in [-0.4, -0.2) is 9.97 Å². The number of aromatic nitrogens is 2. The number of hydrogen-bond acceptors (Lipinski definition) is 0. The molecule has 0 radical (unpaired) electrons. The third kappa shape index (κ3) is 3.62. The van der Waals surface area contributed by atoms with E-state index in [9.17, 15) is 0 Å². The molecule has 2 N–H and O–H groups in total. The molecule has 2 nitrogen and oxygen atoms in total. The normalized spacial score (nSPS) is 11.5. The smallest absolute Gasteiger partial charge is 0.0500 e. The molecule has 2 heterocycles. The van der Waals surface area contributed by atoms with Gasteiger partial charge in [0.2, 0.25) is 0 Å². The Morgan fingerprint density at radius 1 is 0.515 bits per heavy atom. The SMILES string of the molecule is Clc1ccc2[nH]c(-c3ccccc3)c(Cc3c(-c4ccccc4)[nH]c4ccc(Cl)cc34)c2c1. The second-order valence-corrected chi connectivity index (χ2v) is 9.12. The summed E-state index contributed by atoms with van der Waals surface area (Å²) in [5.74, 6) is 0. The lowest BCUT2D eigenvalue weighted by molar-refractivity contribution is 1.22. The van der Waals surface area contributed by atoms with Crippen molar-refractivity contribution in [2.45, 2.75) is 6.42 Å². The van der Waals surface area contributed by atoms with E-state index in [-0.39, 0.29) is 0 Å². The van der Waals surface area contributed by atoms with Gasteiger partial charge in [-0.1, -0.05) is 83.9 Å². The van der Waals surface area contributed by atoms with Crippen LogP contribution in [0.4, 0.5) is 0 Å². The van der Waals surface area contributed by atoms with Crippen LogP contribution in [-0.2, 0) is 6.42 Å². The minimum atomic E-state index is 0.729. The molecule has 0 saturated carbocycles. The van der Waals surface area contributed by atoms with Gasteiger partial charge in [-0.3, -0.25) is 0 Å². The first kappa shape index (κ1) is 20.2. The minimum absolute atomic E-state index is 0.729. The molecule has 0 atom stereocenters. The molecule has 2 aromatic heterocycles. The molecule has 0 aliphatic rings. The maximum absolute atomic E-state index is 6.43. The molecule has 160 valence electrons. The number of H-pyrrole nitrogens is 2. The summed E-state index contributed by atoms with van der Waals surface area (Å²) >= 11 is 12.9. The van der Waals surface area contributed by atoms with E-state index in [1.807, 2.05) is 24.3 Å². The van der Waals surface area contributed by atoms with Gasteiger partial charge < -0.3 is 9.97 Å². The number of aromatic amines is 2. The minimum Gasteiger partial charge on any atom is -0.354 e. The van der Waals surface area contributed by atoms with Crippen LogP contribution in [0.15, 0.2) is 97.1 Å². The zero-order valence-electron chi connectivity index (χ0n) is 17.7. The molecular weight excluding hydrogens is 447 g/mol. The molecular formula is C29H20Cl2N2. The Bertz CT molecular complexity index is 1470. The van der Waals surface area contributed by atoms with Crippen molar-refractivity contribution in [3.8, 4) is 22.5 Å². The average molecular weight is 467 g/mol. The fourth-order valence-corrected chi connectivity index (χ4v) is 5.03. The number of rotatable bonds is 4. The fourth-order valence-electron chi connectivity index (χ4n) is 4.69. The van der Waals surface area contributed by atoms with Gasteiger partial charge in [-0.25, -0.2) is 0 Å². The first-order valence-electron chi connectivity index (χ1n) is 10.9. The van der Waals surface area contributed by atoms with Gasteiger partial charge in [0.25, 0.3) is 0 Å². The second-order valence-electron chi connectivity index (χ2n) is 8.25. The molecule has 33 heavy (non-hydrogen) atoms. The molecule has 0 aliphatic heterocycles. The number of fused-ring (bicyclic) bond motifs is 2. The van der Waals surface area contributed by atoms with Gasteiger partial charge in [0.05, 0.1) is 11.4 Å². The first-order chi connectivity index (χ1) is 16.2. The molecule has 4 aromatic carbocycles. The first-order valence-corrected chi connectivity index (χ1v) is 11.6. The van der Waals surface area contributed by atoms with Gasteiger partial charge >= 0.3 is 0 Å². The van der Waals surface area contributed by atoms with Gasteiger partial charge in [-0.15, -0.1) is 0 Å². The molecule has 0 unspecified atom stereocenters. The van der Waals surface area contributed by atoms with Crippen molar-refractivity contribution in [2.75, 3.05) is 0 Å². The van der Waals surface area contributed by atoms with Crippen LogP contribution in [0.5, 0.6) is 0 Å². The number of halogens is 2. The summed E-state index contributed by atoms with van der Waals surface area (Å²) in [6.45, 7) is 0. The van der Waals surface area contributed by atoms with Crippen molar-refractivity contribution < 1.29 is 0 Å².